The first kappa shape index (κ1) is 14.5. The number of benzene rings is 1. The molecule has 1 amide bonds. The fourth-order valence-electron chi connectivity index (χ4n) is 2.28. The number of hydrogen-bond acceptors (Lipinski definition) is 3. The van der Waals surface area contributed by atoms with Crippen molar-refractivity contribution in [3.05, 3.63) is 35.1 Å². The van der Waals surface area contributed by atoms with Crippen LogP contribution in [-0.2, 0) is 11.3 Å². The average molecular weight is 280 g/mol. The van der Waals surface area contributed by atoms with E-state index in [0.29, 0.717) is 25.1 Å². The lowest BCUT2D eigenvalue weighted by Gasteiger charge is -2.30. The molecule has 1 aromatic carbocycles. The summed E-state index contributed by atoms with van der Waals surface area (Å²) in [6, 6.07) is 4.27. The minimum Gasteiger partial charge on any atom is -0.478 e. The molecule has 1 aliphatic rings. The third kappa shape index (κ3) is 3.33. The van der Waals surface area contributed by atoms with Crippen LogP contribution in [0.3, 0.4) is 0 Å². The Kier molecular flexibility index (Phi) is 4.34. The summed E-state index contributed by atoms with van der Waals surface area (Å²) < 4.78 is 13.5. The van der Waals surface area contributed by atoms with Gasteiger partial charge in [-0.15, -0.1) is 0 Å². The Hall–Kier alpha value is -1.95. The highest BCUT2D eigenvalue weighted by atomic mass is 19.1. The molecule has 6 heteroatoms. The molecule has 1 atom stereocenters. The molecule has 1 aliphatic heterocycles. The third-order valence-corrected chi connectivity index (χ3v) is 3.49. The average Bonchev–Trinajstić information content (AvgIpc) is 2.40. The van der Waals surface area contributed by atoms with Gasteiger partial charge in [-0.05, 0) is 24.1 Å². The molecular formula is C14H17FN2O3. The van der Waals surface area contributed by atoms with Crippen LogP contribution >= 0.6 is 0 Å². The minimum atomic E-state index is -1.27. The smallest absolute Gasteiger partial charge is 0.338 e. The molecule has 1 unspecified atom stereocenters. The molecule has 1 aromatic rings. The van der Waals surface area contributed by atoms with E-state index in [1.807, 2.05) is 0 Å². The summed E-state index contributed by atoms with van der Waals surface area (Å²) in [6.45, 7) is 1.08. The number of amides is 1. The van der Waals surface area contributed by atoms with E-state index in [1.54, 1.807) is 18.0 Å². The third-order valence-electron chi connectivity index (χ3n) is 3.49. The maximum atomic E-state index is 13.5. The van der Waals surface area contributed by atoms with E-state index in [0.717, 1.165) is 6.42 Å². The molecule has 0 aromatic heterocycles. The number of rotatable bonds is 4. The SMILES string of the molecule is CN1CC(NCc2ccc(C(=O)O)c(F)c2)CCC1=O. The van der Waals surface area contributed by atoms with Crippen molar-refractivity contribution >= 4 is 11.9 Å². The first-order chi connectivity index (χ1) is 9.47. The summed E-state index contributed by atoms with van der Waals surface area (Å²) in [6.07, 6.45) is 1.28. The van der Waals surface area contributed by atoms with E-state index in [-0.39, 0.29) is 17.5 Å². The van der Waals surface area contributed by atoms with Gasteiger partial charge in [-0.1, -0.05) is 6.07 Å². The van der Waals surface area contributed by atoms with Crippen LogP contribution < -0.4 is 5.32 Å². The monoisotopic (exact) mass is 280 g/mol. The van der Waals surface area contributed by atoms with Crippen LogP contribution in [0.1, 0.15) is 28.8 Å². The summed E-state index contributed by atoms with van der Waals surface area (Å²) in [5.41, 5.74) is 0.365. The van der Waals surface area contributed by atoms with Gasteiger partial charge >= 0.3 is 5.97 Å². The standard InChI is InChI=1S/C14H17FN2O3/c1-17-8-10(3-5-13(17)18)16-7-9-2-4-11(14(19)20)12(15)6-9/h2,4,6,10,16H,3,5,7-8H2,1H3,(H,19,20). The first-order valence-electron chi connectivity index (χ1n) is 6.46. The zero-order valence-electron chi connectivity index (χ0n) is 11.2. The molecule has 20 heavy (non-hydrogen) atoms. The number of hydrogen-bond donors (Lipinski definition) is 2. The molecule has 0 saturated carbocycles. The van der Waals surface area contributed by atoms with Crippen LogP contribution in [-0.4, -0.2) is 41.5 Å². The molecule has 1 fully saturated rings. The Labute approximate surface area is 116 Å². The van der Waals surface area contributed by atoms with Gasteiger partial charge in [0, 0.05) is 32.6 Å². The largest absolute Gasteiger partial charge is 0.478 e. The Morgan fingerprint density at radius 3 is 2.90 bits per heavy atom. The topological polar surface area (TPSA) is 69.6 Å². The fourth-order valence-corrected chi connectivity index (χ4v) is 2.28. The summed E-state index contributed by atoms with van der Waals surface area (Å²) in [5.74, 6) is -1.86. The van der Waals surface area contributed by atoms with Crippen molar-refractivity contribution in [3.63, 3.8) is 0 Å². The van der Waals surface area contributed by atoms with Crippen LogP contribution in [0.4, 0.5) is 4.39 Å². The van der Waals surface area contributed by atoms with Crippen LogP contribution in [0.25, 0.3) is 0 Å². The lowest BCUT2D eigenvalue weighted by Crippen LogP contribution is -2.46. The van der Waals surface area contributed by atoms with Gasteiger partial charge in [0.2, 0.25) is 5.91 Å². The summed E-state index contributed by atoms with van der Waals surface area (Å²) in [7, 11) is 1.76. The number of likely N-dealkylation sites (N-methyl/N-ethyl adjacent to an activating group) is 1. The van der Waals surface area contributed by atoms with Gasteiger partial charge in [0.05, 0.1) is 5.56 Å². The van der Waals surface area contributed by atoms with E-state index >= 15 is 0 Å². The molecule has 1 heterocycles. The first-order valence-corrected chi connectivity index (χ1v) is 6.46. The number of nitrogens with zero attached hydrogens (tertiary/aromatic N) is 1. The summed E-state index contributed by atoms with van der Waals surface area (Å²) in [5, 5.41) is 12.0. The van der Waals surface area contributed by atoms with Crippen molar-refractivity contribution in [1.29, 1.82) is 0 Å². The van der Waals surface area contributed by atoms with Gasteiger partial charge < -0.3 is 15.3 Å². The van der Waals surface area contributed by atoms with E-state index in [4.69, 9.17) is 5.11 Å². The van der Waals surface area contributed by atoms with Crippen molar-refractivity contribution in [2.45, 2.75) is 25.4 Å². The number of likely N-dealkylation sites (tertiary alicyclic amines) is 1. The van der Waals surface area contributed by atoms with Crippen LogP contribution in [0.5, 0.6) is 0 Å². The number of halogens is 1. The Balaban J connectivity index is 1.93. The minimum absolute atomic E-state index is 0.139. The Morgan fingerprint density at radius 1 is 1.55 bits per heavy atom. The van der Waals surface area contributed by atoms with Crippen LogP contribution in [0.2, 0.25) is 0 Å². The lowest BCUT2D eigenvalue weighted by molar-refractivity contribution is -0.132. The zero-order chi connectivity index (χ0) is 14.7. The fraction of sp³-hybridized carbons (Fsp3) is 0.429. The molecule has 2 N–H and O–H groups in total. The molecule has 5 nitrogen and oxygen atoms in total. The molecule has 0 spiro atoms. The number of carbonyl (C=O) groups is 2. The number of aromatic carboxylic acids is 1. The molecule has 2 rings (SSSR count). The van der Waals surface area contributed by atoms with Gasteiger partial charge in [-0.25, -0.2) is 9.18 Å². The van der Waals surface area contributed by atoms with Gasteiger partial charge in [-0.2, -0.15) is 0 Å². The van der Waals surface area contributed by atoms with Crippen LogP contribution in [0.15, 0.2) is 18.2 Å². The van der Waals surface area contributed by atoms with Crippen molar-refractivity contribution in [2.75, 3.05) is 13.6 Å². The van der Waals surface area contributed by atoms with Crippen LogP contribution in [0, 0.1) is 5.82 Å². The number of carboxylic acid groups (broad SMARTS) is 1. The normalized spacial score (nSPS) is 19.2. The van der Waals surface area contributed by atoms with Gasteiger partial charge in [0.25, 0.3) is 0 Å². The predicted octanol–water partition coefficient (Wildman–Crippen LogP) is 1.23. The van der Waals surface area contributed by atoms with Gasteiger partial charge in [0.15, 0.2) is 0 Å². The molecule has 0 radical (unpaired) electrons. The van der Waals surface area contributed by atoms with Crippen molar-refractivity contribution in [1.82, 2.24) is 10.2 Å². The molecular weight excluding hydrogens is 263 g/mol. The Bertz CT molecular complexity index is 533. The molecule has 0 aliphatic carbocycles. The number of nitrogens with one attached hydrogen (secondary N) is 1. The second-order valence-corrected chi connectivity index (χ2v) is 5.01. The van der Waals surface area contributed by atoms with Gasteiger partial charge in [-0.3, -0.25) is 4.79 Å². The molecule has 1 saturated heterocycles. The van der Waals surface area contributed by atoms with Crippen molar-refractivity contribution < 1.29 is 19.1 Å². The summed E-state index contributed by atoms with van der Waals surface area (Å²) >= 11 is 0. The maximum Gasteiger partial charge on any atom is 0.338 e. The van der Waals surface area contributed by atoms with E-state index < -0.39 is 11.8 Å². The van der Waals surface area contributed by atoms with Crippen molar-refractivity contribution in [2.24, 2.45) is 0 Å². The number of carboxylic acids is 1. The number of carbonyl (C=O) groups excluding carboxylic acids is 1. The highest BCUT2D eigenvalue weighted by Crippen LogP contribution is 2.13. The molecule has 0 bridgehead atoms. The maximum absolute atomic E-state index is 13.5. The second-order valence-electron chi connectivity index (χ2n) is 5.01. The Morgan fingerprint density at radius 2 is 2.30 bits per heavy atom. The van der Waals surface area contributed by atoms with Crippen molar-refractivity contribution in [3.8, 4) is 0 Å². The molecule has 108 valence electrons. The highest BCUT2D eigenvalue weighted by molar-refractivity contribution is 5.87. The lowest BCUT2D eigenvalue weighted by atomic mass is 10.0. The zero-order valence-corrected chi connectivity index (χ0v) is 11.2. The van der Waals surface area contributed by atoms with Gasteiger partial charge in [0.1, 0.15) is 5.82 Å². The number of piperidine rings is 1. The van der Waals surface area contributed by atoms with E-state index in [1.165, 1.54) is 12.1 Å². The highest BCUT2D eigenvalue weighted by Gasteiger charge is 2.22. The predicted molar refractivity (Wildman–Crippen MR) is 70.9 cm³/mol. The summed E-state index contributed by atoms with van der Waals surface area (Å²) in [4.78, 5) is 23.7. The second kappa shape index (κ2) is 6.00. The van der Waals surface area contributed by atoms with E-state index in [2.05, 4.69) is 5.32 Å². The van der Waals surface area contributed by atoms with E-state index in [9.17, 15) is 14.0 Å². The quantitative estimate of drug-likeness (QED) is 0.870.